The zero-order valence-corrected chi connectivity index (χ0v) is 19.1. The summed E-state index contributed by atoms with van der Waals surface area (Å²) in [6.45, 7) is 5.20. The van der Waals surface area contributed by atoms with E-state index >= 15 is 0 Å². The molecule has 0 spiro atoms. The number of hydrogen-bond donors (Lipinski definition) is 0. The summed E-state index contributed by atoms with van der Waals surface area (Å²) in [5.41, 5.74) is 0.322. The van der Waals surface area contributed by atoms with E-state index in [4.69, 9.17) is 13.9 Å². The topological polar surface area (TPSA) is 108 Å². The molecule has 0 aliphatic rings. The normalized spacial score (nSPS) is 11.9. The fourth-order valence-electron chi connectivity index (χ4n) is 2.90. The number of nitro groups is 1. The van der Waals surface area contributed by atoms with E-state index in [9.17, 15) is 14.9 Å². The van der Waals surface area contributed by atoms with Gasteiger partial charge in [-0.25, -0.2) is 9.69 Å². The molecule has 33 heavy (non-hydrogen) atoms. The molecule has 1 aromatic carbocycles. The first-order valence-electron chi connectivity index (χ1n) is 10.1. The number of aromatic nitrogens is 1. The van der Waals surface area contributed by atoms with Gasteiger partial charge in [0, 0.05) is 18.5 Å². The predicted octanol–water partition coefficient (Wildman–Crippen LogP) is 5.84. The van der Waals surface area contributed by atoms with Crippen molar-refractivity contribution in [3.63, 3.8) is 0 Å². The van der Waals surface area contributed by atoms with Crippen LogP contribution in [0.2, 0.25) is 0 Å². The van der Waals surface area contributed by atoms with Gasteiger partial charge in [-0.15, -0.1) is 0 Å². The Morgan fingerprint density at radius 3 is 2.55 bits per heavy atom. The molecule has 0 N–H and O–H groups in total. The number of nitrogens with zero attached hydrogens (tertiary/aromatic N) is 3. The summed E-state index contributed by atoms with van der Waals surface area (Å²) in [7, 11) is 3.05. The number of hydrogen-bond acceptors (Lipinski definition) is 7. The van der Waals surface area contributed by atoms with Crippen LogP contribution in [0.1, 0.15) is 32.1 Å². The quantitative estimate of drug-likeness (QED) is 0.263. The van der Waals surface area contributed by atoms with Gasteiger partial charge < -0.3 is 24.0 Å². The number of benzene rings is 1. The number of carbonyl (C=O) groups is 1. The maximum Gasteiger partial charge on any atom is 0.417 e. The van der Waals surface area contributed by atoms with Crippen LogP contribution >= 0.6 is 0 Å². The molecule has 2 heterocycles. The number of anilines is 1. The molecule has 1 amide bonds. The minimum atomic E-state index is -0.696. The molecule has 0 aliphatic carbocycles. The van der Waals surface area contributed by atoms with Crippen molar-refractivity contribution in [2.45, 2.75) is 26.4 Å². The van der Waals surface area contributed by atoms with Crippen molar-refractivity contribution in [1.82, 2.24) is 4.98 Å². The van der Waals surface area contributed by atoms with Gasteiger partial charge in [0.1, 0.15) is 22.7 Å². The number of pyridine rings is 1. The van der Waals surface area contributed by atoms with Crippen LogP contribution in [0.15, 0.2) is 53.0 Å². The SMILES string of the molecule is COc1ccc2oc(/C=C/C=C/c3ccc(N(C)C(=O)OC(C)(C)C)nc3[N+](=O)[O-])cc2c1. The standard InChI is InChI=1S/C24H25N3O6/c1-24(2,3)33-23(28)26(4)21-13-10-16(22(25-21)27(29)30)8-6-7-9-19-15-17-14-18(31-5)11-12-20(17)32-19/h6-15H,1-5H3/b8-6+,9-7+. The molecule has 2 aromatic heterocycles. The monoisotopic (exact) mass is 451 g/mol. The van der Waals surface area contributed by atoms with Gasteiger partial charge in [0.25, 0.3) is 5.82 Å². The number of fused-ring (bicyclic) bond motifs is 1. The highest BCUT2D eigenvalue weighted by Gasteiger charge is 2.25. The summed E-state index contributed by atoms with van der Waals surface area (Å²) in [6, 6.07) is 10.4. The van der Waals surface area contributed by atoms with E-state index in [0.29, 0.717) is 11.3 Å². The Labute approximate surface area is 191 Å². The number of allylic oxidation sites excluding steroid dienone is 2. The van der Waals surface area contributed by atoms with Crippen molar-refractivity contribution in [3.8, 4) is 5.75 Å². The fraction of sp³-hybridized carbons (Fsp3) is 0.250. The molecule has 0 aliphatic heterocycles. The van der Waals surface area contributed by atoms with E-state index in [1.54, 1.807) is 52.2 Å². The van der Waals surface area contributed by atoms with Crippen LogP contribution in [0.3, 0.4) is 0 Å². The molecule has 0 radical (unpaired) electrons. The first-order valence-corrected chi connectivity index (χ1v) is 10.1. The van der Waals surface area contributed by atoms with E-state index in [0.717, 1.165) is 21.6 Å². The van der Waals surface area contributed by atoms with Crippen molar-refractivity contribution >= 4 is 40.9 Å². The highest BCUT2D eigenvalue weighted by Crippen LogP contribution is 2.26. The minimum Gasteiger partial charge on any atom is -0.497 e. The summed E-state index contributed by atoms with van der Waals surface area (Å²) in [5.74, 6) is 1.11. The highest BCUT2D eigenvalue weighted by molar-refractivity contribution is 5.86. The lowest BCUT2D eigenvalue weighted by atomic mass is 10.2. The van der Waals surface area contributed by atoms with Crippen LogP contribution in [0.5, 0.6) is 5.75 Å². The van der Waals surface area contributed by atoms with E-state index in [-0.39, 0.29) is 11.6 Å². The van der Waals surface area contributed by atoms with E-state index in [1.165, 1.54) is 19.2 Å². The van der Waals surface area contributed by atoms with Crippen molar-refractivity contribution in [3.05, 3.63) is 70.0 Å². The summed E-state index contributed by atoms with van der Waals surface area (Å²) >= 11 is 0. The van der Waals surface area contributed by atoms with Crippen LogP contribution in [-0.2, 0) is 4.74 Å². The zero-order valence-electron chi connectivity index (χ0n) is 19.1. The van der Waals surface area contributed by atoms with Crippen molar-refractivity contribution in [2.75, 3.05) is 19.1 Å². The Morgan fingerprint density at radius 2 is 1.88 bits per heavy atom. The lowest BCUT2D eigenvalue weighted by Gasteiger charge is -2.22. The molecule has 0 saturated heterocycles. The van der Waals surface area contributed by atoms with Crippen LogP contribution in [0.25, 0.3) is 23.1 Å². The van der Waals surface area contributed by atoms with Gasteiger partial charge >= 0.3 is 11.9 Å². The third-order valence-corrected chi connectivity index (χ3v) is 4.46. The largest absolute Gasteiger partial charge is 0.497 e. The molecule has 0 fully saturated rings. The number of furan rings is 1. The van der Waals surface area contributed by atoms with Crippen molar-refractivity contribution in [2.24, 2.45) is 0 Å². The van der Waals surface area contributed by atoms with Gasteiger partial charge in [0.15, 0.2) is 0 Å². The van der Waals surface area contributed by atoms with E-state index in [1.807, 2.05) is 24.3 Å². The second-order valence-corrected chi connectivity index (χ2v) is 8.15. The van der Waals surface area contributed by atoms with Crippen molar-refractivity contribution < 1.29 is 23.6 Å². The van der Waals surface area contributed by atoms with Crippen LogP contribution in [-0.4, -0.2) is 35.8 Å². The second kappa shape index (κ2) is 9.56. The predicted molar refractivity (Wildman–Crippen MR) is 126 cm³/mol. The Morgan fingerprint density at radius 1 is 1.15 bits per heavy atom. The first-order chi connectivity index (χ1) is 15.6. The van der Waals surface area contributed by atoms with Gasteiger partial charge in [0.05, 0.1) is 12.7 Å². The number of ether oxygens (including phenoxy) is 2. The molecule has 0 unspecified atom stereocenters. The molecule has 3 aromatic rings. The van der Waals surface area contributed by atoms with Crippen LogP contribution in [0.4, 0.5) is 16.4 Å². The third-order valence-electron chi connectivity index (χ3n) is 4.46. The van der Waals surface area contributed by atoms with Gasteiger partial charge in [-0.05, 0) is 73.2 Å². The van der Waals surface area contributed by atoms with Gasteiger partial charge in [-0.1, -0.05) is 12.2 Å². The summed E-state index contributed by atoms with van der Waals surface area (Å²) in [5, 5.41) is 12.4. The Balaban J connectivity index is 1.77. The zero-order chi connectivity index (χ0) is 24.2. The summed E-state index contributed by atoms with van der Waals surface area (Å²) < 4.78 is 16.2. The van der Waals surface area contributed by atoms with E-state index < -0.39 is 16.6 Å². The average Bonchev–Trinajstić information content (AvgIpc) is 3.16. The summed E-state index contributed by atoms with van der Waals surface area (Å²) in [4.78, 5) is 28.3. The molecule has 0 atom stereocenters. The smallest absolute Gasteiger partial charge is 0.417 e. The maximum atomic E-state index is 12.2. The van der Waals surface area contributed by atoms with Gasteiger partial charge in [-0.2, -0.15) is 0 Å². The second-order valence-electron chi connectivity index (χ2n) is 8.15. The van der Waals surface area contributed by atoms with Crippen LogP contribution < -0.4 is 9.64 Å². The number of amides is 1. The van der Waals surface area contributed by atoms with E-state index in [2.05, 4.69) is 4.98 Å². The fourth-order valence-corrected chi connectivity index (χ4v) is 2.90. The van der Waals surface area contributed by atoms with Crippen LogP contribution in [0, 0.1) is 10.1 Å². The molecular formula is C24H25N3O6. The Kier molecular flexibility index (Phi) is 6.81. The molecule has 172 valence electrons. The first kappa shape index (κ1) is 23.5. The lowest BCUT2D eigenvalue weighted by molar-refractivity contribution is -0.389. The Hall–Kier alpha value is -4.14. The molecule has 0 bridgehead atoms. The van der Waals surface area contributed by atoms with Gasteiger partial charge in [-0.3, -0.25) is 0 Å². The lowest BCUT2D eigenvalue weighted by Crippen LogP contribution is -2.34. The molecule has 9 nitrogen and oxygen atoms in total. The maximum absolute atomic E-state index is 12.2. The minimum absolute atomic E-state index is 0.112. The third kappa shape index (κ3) is 5.97. The number of methoxy groups -OCH3 is 1. The average molecular weight is 451 g/mol. The molecular weight excluding hydrogens is 426 g/mol. The molecule has 3 rings (SSSR count). The molecule has 0 saturated carbocycles. The number of rotatable bonds is 6. The van der Waals surface area contributed by atoms with Gasteiger partial charge in [0.2, 0.25) is 0 Å². The Bertz CT molecular complexity index is 1240. The summed E-state index contributed by atoms with van der Waals surface area (Å²) in [6.07, 6.45) is 6.00. The number of carbonyl (C=O) groups excluding carboxylic acids is 1. The van der Waals surface area contributed by atoms with Crippen molar-refractivity contribution in [1.29, 1.82) is 0 Å². The highest BCUT2D eigenvalue weighted by atomic mass is 16.6. The molecule has 9 heteroatoms.